The molecule has 0 aliphatic carbocycles. The van der Waals surface area contributed by atoms with Crippen molar-refractivity contribution < 1.29 is 9.59 Å². The Hall–Kier alpha value is -1.64. The monoisotopic (exact) mass is 343 g/mol. The molecule has 1 aliphatic heterocycles. The number of nitrogens with zero attached hydrogens (tertiary/aromatic N) is 1. The summed E-state index contributed by atoms with van der Waals surface area (Å²) in [5, 5.41) is 0. The first kappa shape index (κ1) is 19.7. The largest absolute Gasteiger partial charge is 0.274 e. The van der Waals surface area contributed by atoms with Gasteiger partial charge in [-0.3, -0.25) is 14.5 Å². The van der Waals surface area contributed by atoms with Crippen LogP contribution in [0.25, 0.3) is 0 Å². The highest BCUT2D eigenvalue weighted by atomic mass is 16.2. The molecular weight excluding hydrogens is 310 g/mol. The second-order valence-corrected chi connectivity index (χ2v) is 7.20. The summed E-state index contributed by atoms with van der Waals surface area (Å²) < 4.78 is 0. The van der Waals surface area contributed by atoms with E-state index in [9.17, 15) is 9.59 Å². The molecule has 0 atom stereocenters. The zero-order valence-corrected chi connectivity index (χ0v) is 15.8. The number of rotatable bonds is 13. The lowest BCUT2D eigenvalue weighted by atomic mass is 10.1. The van der Waals surface area contributed by atoms with Crippen molar-refractivity contribution in [2.24, 2.45) is 0 Å². The van der Waals surface area contributed by atoms with Gasteiger partial charge < -0.3 is 0 Å². The van der Waals surface area contributed by atoms with Crippen LogP contribution >= 0.6 is 0 Å². The number of amides is 2. The number of imide groups is 1. The molecule has 0 bridgehead atoms. The van der Waals surface area contributed by atoms with Gasteiger partial charge in [-0.1, -0.05) is 89.7 Å². The SMILES string of the molecule is CCCCCCCCCCCCCCN1C(=O)c2ccccc2C1=O. The van der Waals surface area contributed by atoms with Crippen LogP contribution in [0.15, 0.2) is 24.3 Å². The molecular formula is C22H33NO2. The number of benzene rings is 1. The molecule has 3 nitrogen and oxygen atoms in total. The van der Waals surface area contributed by atoms with E-state index in [2.05, 4.69) is 6.92 Å². The molecule has 2 rings (SSSR count). The van der Waals surface area contributed by atoms with Gasteiger partial charge in [-0.05, 0) is 18.6 Å². The van der Waals surface area contributed by atoms with Crippen molar-refractivity contribution in [3.63, 3.8) is 0 Å². The first-order valence-corrected chi connectivity index (χ1v) is 10.2. The average Bonchev–Trinajstić information content (AvgIpc) is 2.87. The maximum atomic E-state index is 12.2. The predicted molar refractivity (Wildman–Crippen MR) is 103 cm³/mol. The lowest BCUT2D eigenvalue weighted by Gasteiger charge is -2.13. The maximum absolute atomic E-state index is 12.2. The van der Waals surface area contributed by atoms with Crippen LogP contribution in [0.3, 0.4) is 0 Å². The molecule has 3 heteroatoms. The summed E-state index contributed by atoms with van der Waals surface area (Å²) in [5.41, 5.74) is 1.12. The van der Waals surface area contributed by atoms with Gasteiger partial charge in [0.1, 0.15) is 0 Å². The number of hydrogen-bond donors (Lipinski definition) is 0. The molecule has 138 valence electrons. The highest BCUT2D eigenvalue weighted by Gasteiger charge is 2.34. The number of carbonyl (C=O) groups is 2. The molecule has 0 saturated heterocycles. The summed E-state index contributed by atoms with van der Waals surface area (Å²) >= 11 is 0. The summed E-state index contributed by atoms with van der Waals surface area (Å²) in [6.07, 6.45) is 15.4. The molecule has 1 heterocycles. The van der Waals surface area contributed by atoms with Gasteiger partial charge in [0.15, 0.2) is 0 Å². The molecule has 0 spiro atoms. The highest BCUT2D eigenvalue weighted by molar-refractivity contribution is 6.21. The molecule has 1 aromatic rings. The third-order valence-corrected chi connectivity index (χ3v) is 5.11. The van der Waals surface area contributed by atoms with Crippen molar-refractivity contribution in [2.45, 2.75) is 84.0 Å². The smallest absolute Gasteiger partial charge is 0.261 e. The Morgan fingerprint density at radius 2 is 1.04 bits per heavy atom. The van der Waals surface area contributed by atoms with Crippen LogP contribution in [0.2, 0.25) is 0 Å². The van der Waals surface area contributed by atoms with Crippen molar-refractivity contribution >= 4 is 11.8 Å². The second kappa shape index (κ2) is 11.1. The third kappa shape index (κ3) is 5.98. The lowest BCUT2D eigenvalue weighted by Crippen LogP contribution is -2.30. The zero-order valence-electron chi connectivity index (χ0n) is 15.8. The third-order valence-electron chi connectivity index (χ3n) is 5.11. The van der Waals surface area contributed by atoms with E-state index in [1.165, 1.54) is 69.1 Å². The Kier molecular flexibility index (Phi) is 8.71. The number of unbranched alkanes of at least 4 members (excludes halogenated alkanes) is 11. The Morgan fingerprint density at radius 1 is 0.640 bits per heavy atom. The Labute approximate surface area is 152 Å². The molecule has 0 saturated carbocycles. The van der Waals surface area contributed by atoms with Crippen molar-refractivity contribution in [1.82, 2.24) is 4.90 Å². The minimum atomic E-state index is -0.122. The summed E-state index contributed by atoms with van der Waals surface area (Å²) in [6.45, 7) is 2.82. The van der Waals surface area contributed by atoms with Gasteiger partial charge in [0, 0.05) is 6.54 Å². The van der Waals surface area contributed by atoms with Gasteiger partial charge >= 0.3 is 0 Å². The minimum Gasteiger partial charge on any atom is -0.274 e. The van der Waals surface area contributed by atoms with Crippen molar-refractivity contribution in [1.29, 1.82) is 0 Å². The zero-order chi connectivity index (χ0) is 17.9. The number of fused-ring (bicyclic) bond motifs is 1. The van der Waals surface area contributed by atoms with Crippen LogP contribution in [0.1, 0.15) is 105 Å². The fourth-order valence-corrected chi connectivity index (χ4v) is 3.55. The molecule has 0 unspecified atom stereocenters. The average molecular weight is 344 g/mol. The van der Waals surface area contributed by atoms with E-state index in [1.54, 1.807) is 12.1 Å². The first-order chi connectivity index (χ1) is 12.3. The van der Waals surface area contributed by atoms with Gasteiger partial charge in [-0.2, -0.15) is 0 Å². The molecule has 1 aliphatic rings. The Balaban J connectivity index is 1.49. The predicted octanol–water partition coefficient (Wildman–Crippen LogP) is 5.98. The summed E-state index contributed by atoms with van der Waals surface area (Å²) in [4.78, 5) is 25.9. The van der Waals surface area contributed by atoms with Crippen LogP contribution in [0.4, 0.5) is 0 Å². The van der Waals surface area contributed by atoms with E-state index in [0.29, 0.717) is 17.7 Å². The topological polar surface area (TPSA) is 37.4 Å². The summed E-state index contributed by atoms with van der Waals surface area (Å²) in [6, 6.07) is 7.13. The lowest BCUT2D eigenvalue weighted by molar-refractivity contribution is 0.0651. The standard InChI is InChI=1S/C22H33NO2/c1-2-3-4-5-6-7-8-9-10-11-12-15-18-23-21(24)19-16-13-14-17-20(19)22(23)25/h13-14,16-17H,2-12,15,18H2,1H3. The molecule has 0 N–H and O–H groups in total. The molecule has 1 aromatic carbocycles. The van der Waals surface area contributed by atoms with Crippen molar-refractivity contribution in [3.05, 3.63) is 35.4 Å². The quantitative estimate of drug-likeness (QED) is 0.326. The first-order valence-electron chi connectivity index (χ1n) is 10.2. The fraction of sp³-hybridized carbons (Fsp3) is 0.636. The second-order valence-electron chi connectivity index (χ2n) is 7.20. The van der Waals surface area contributed by atoms with Gasteiger partial charge in [0.2, 0.25) is 0 Å². The highest BCUT2D eigenvalue weighted by Crippen LogP contribution is 2.23. The molecule has 25 heavy (non-hydrogen) atoms. The fourth-order valence-electron chi connectivity index (χ4n) is 3.55. The molecule has 2 amide bonds. The van der Waals surface area contributed by atoms with Gasteiger partial charge in [0.25, 0.3) is 11.8 Å². The normalized spacial score (nSPS) is 13.6. The summed E-state index contributed by atoms with van der Waals surface area (Å²) in [5.74, 6) is -0.243. The van der Waals surface area contributed by atoms with Crippen molar-refractivity contribution in [2.75, 3.05) is 6.54 Å². The number of carbonyl (C=O) groups excluding carboxylic acids is 2. The van der Waals surface area contributed by atoms with Gasteiger partial charge in [0.05, 0.1) is 11.1 Å². The van der Waals surface area contributed by atoms with Crippen molar-refractivity contribution in [3.8, 4) is 0 Å². The van der Waals surface area contributed by atoms with Crippen LogP contribution in [-0.2, 0) is 0 Å². The maximum Gasteiger partial charge on any atom is 0.261 e. The molecule has 0 radical (unpaired) electrons. The van der Waals surface area contributed by atoms with E-state index in [0.717, 1.165) is 12.8 Å². The Morgan fingerprint density at radius 3 is 1.48 bits per heavy atom. The Bertz CT molecular complexity index is 518. The van der Waals surface area contributed by atoms with E-state index in [4.69, 9.17) is 0 Å². The van der Waals surface area contributed by atoms with Gasteiger partial charge in [-0.15, -0.1) is 0 Å². The van der Waals surface area contributed by atoms with Crippen LogP contribution in [0, 0.1) is 0 Å². The van der Waals surface area contributed by atoms with E-state index >= 15 is 0 Å². The molecule has 0 aromatic heterocycles. The van der Waals surface area contributed by atoms with Gasteiger partial charge in [-0.25, -0.2) is 0 Å². The van der Waals surface area contributed by atoms with Crippen LogP contribution in [-0.4, -0.2) is 23.3 Å². The van der Waals surface area contributed by atoms with E-state index in [-0.39, 0.29) is 11.8 Å². The van der Waals surface area contributed by atoms with Crippen LogP contribution in [0.5, 0.6) is 0 Å². The number of hydrogen-bond acceptors (Lipinski definition) is 2. The van der Waals surface area contributed by atoms with Crippen LogP contribution < -0.4 is 0 Å². The van der Waals surface area contributed by atoms with E-state index < -0.39 is 0 Å². The summed E-state index contributed by atoms with van der Waals surface area (Å²) in [7, 11) is 0. The van der Waals surface area contributed by atoms with E-state index in [1.807, 2.05) is 12.1 Å². The molecule has 0 fully saturated rings. The minimum absolute atomic E-state index is 0.122.